The molecule has 1 unspecified atom stereocenters. The fourth-order valence-corrected chi connectivity index (χ4v) is 2.66. The van der Waals surface area contributed by atoms with Crippen LogP contribution in [0.25, 0.3) is 0 Å². The largest absolute Gasteiger partial charge is 0.493 e. The van der Waals surface area contributed by atoms with Gasteiger partial charge in [0, 0.05) is 16.5 Å². The van der Waals surface area contributed by atoms with Gasteiger partial charge in [-0.2, -0.15) is 0 Å². The third kappa shape index (κ3) is 2.38. The molecule has 98 valence electrons. The molecule has 3 rings (SSSR count). The van der Waals surface area contributed by atoms with Crippen LogP contribution in [0.1, 0.15) is 22.8 Å². The zero-order chi connectivity index (χ0) is 13.4. The van der Waals surface area contributed by atoms with Crippen molar-refractivity contribution in [3.8, 4) is 5.75 Å². The summed E-state index contributed by atoms with van der Waals surface area (Å²) in [7, 11) is 0. The molecule has 1 aliphatic rings. The van der Waals surface area contributed by atoms with Crippen LogP contribution in [0, 0.1) is 5.82 Å². The average Bonchev–Trinajstić information content (AvgIpc) is 2.88. The molecule has 0 fully saturated rings. The van der Waals surface area contributed by atoms with Crippen LogP contribution in [0.3, 0.4) is 0 Å². The Morgan fingerprint density at radius 2 is 2.05 bits per heavy atom. The Bertz CT molecular complexity index is 628. The Morgan fingerprint density at radius 1 is 1.21 bits per heavy atom. The Labute approximate surface area is 119 Å². The van der Waals surface area contributed by atoms with Gasteiger partial charge < -0.3 is 9.84 Å². The van der Waals surface area contributed by atoms with Gasteiger partial charge in [-0.1, -0.05) is 22.0 Å². The van der Waals surface area contributed by atoms with Crippen LogP contribution < -0.4 is 4.74 Å². The fraction of sp³-hybridized carbons (Fsp3) is 0.200. The van der Waals surface area contributed by atoms with Gasteiger partial charge in [0.2, 0.25) is 0 Å². The van der Waals surface area contributed by atoms with E-state index in [1.165, 1.54) is 6.07 Å². The number of fused-ring (bicyclic) bond motifs is 1. The van der Waals surface area contributed by atoms with E-state index in [1.54, 1.807) is 18.2 Å². The van der Waals surface area contributed by atoms with E-state index in [0.29, 0.717) is 12.2 Å². The van der Waals surface area contributed by atoms with E-state index in [1.807, 2.05) is 12.1 Å². The lowest BCUT2D eigenvalue weighted by Crippen LogP contribution is -2.03. The minimum atomic E-state index is -0.969. The van der Waals surface area contributed by atoms with E-state index in [2.05, 4.69) is 15.9 Å². The number of benzene rings is 2. The number of hydrogen-bond donors (Lipinski definition) is 1. The third-order valence-electron chi connectivity index (χ3n) is 3.28. The molecule has 2 aromatic carbocycles. The van der Waals surface area contributed by atoms with Crippen molar-refractivity contribution >= 4 is 15.9 Å². The van der Waals surface area contributed by atoms with E-state index >= 15 is 0 Å². The maximum atomic E-state index is 13.8. The predicted octanol–water partition coefficient (Wildman–Crippen LogP) is 3.60. The standard InChI is InChI=1S/C15H12BrFO2/c16-11-2-3-13(17)12(8-11)15(18)10-1-4-14-9(7-10)5-6-19-14/h1-4,7-8,15,18H,5-6H2. The molecular formula is C15H12BrFO2. The second kappa shape index (κ2) is 4.94. The van der Waals surface area contributed by atoms with Crippen molar-refractivity contribution in [2.75, 3.05) is 6.61 Å². The Hall–Kier alpha value is -1.39. The summed E-state index contributed by atoms with van der Waals surface area (Å²) in [5, 5.41) is 10.3. The lowest BCUT2D eigenvalue weighted by Gasteiger charge is -2.14. The van der Waals surface area contributed by atoms with E-state index in [0.717, 1.165) is 22.2 Å². The Morgan fingerprint density at radius 3 is 2.89 bits per heavy atom. The molecule has 2 nitrogen and oxygen atoms in total. The minimum absolute atomic E-state index is 0.272. The van der Waals surface area contributed by atoms with E-state index < -0.39 is 11.9 Å². The smallest absolute Gasteiger partial charge is 0.129 e. The number of ether oxygens (including phenoxy) is 1. The summed E-state index contributed by atoms with van der Waals surface area (Å²) < 4.78 is 19.9. The maximum absolute atomic E-state index is 13.8. The van der Waals surface area contributed by atoms with E-state index in [-0.39, 0.29) is 5.56 Å². The molecule has 0 bridgehead atoms. The van der Waals surface area contributed by atoms with Crippen LogP contribution in [-0.4, -0.2) is 11.7 Å². The van der Waals surface area contributed by atoms with Crippen LogP contribution >= 0.6 is 15.9 Å². The summed E-state index contributed by atoms with van der Waals surface area (Å²) in [5.74, 6) is 0.443. The second-order valence-electron chi connectivity index (χ2n) is 4.53. The first-order chi connectivity index (χ1) is 9.15. The van der Waals surface area contributed by atoms with Crippen molar-refractivity contribution in [3.63, 3.8) is 0 Å². The zero-order valence-electron chi connectivity index (χ0n) is 10.1. The number of hydrogen-bond acceptors (Lipinski definition) is 2. The predicted molar refractivity (Wildman–Crippen MR) is 73.8 cm³/mol. The van der Waals surface area contributed by atoms with Crippen LogP contribution in [0.5, 0.6) is 5.75 Å². The Kier molecular flexibility index (Phi) is 3.29. The van der Waals surface area contributed by atoms with Crippen LogP contribution in [-0.2, 0) is 6.42 Å². The summed E-state index contributed by atoms with van der Waals surface area (Å²) in [4.78, 5) is 0. The number of rotatable bonds is 2. The normalized spacial score (nSPS) is 14.9. The number of aliphatic hydroxyl groups is 1. The van der Waals surface area contributed by atoms with Gasteiger partial charge in [-0.05, 0) is 41.5 Å². The van der Waals surface area contributed by atoms with Crippen LogP contribution in [0.2, 0.25) is 0 Å². The molecule has 0 radical (unpaired) electrons. The maximum Gasteiger partial charge on any atom is 0.129 e. The fourth-order valence-electron chi connectivity index (χ4n) is 2.28. The van der Waals surface area contributed by atoms with E-state index in [4.69, 9.17) is 4.74 Å². The molecular weight excluding hydrogens is 311 g/mol. The van der Waals surface area contributed by atoms with Gasteiger partial charge in [-0.15, -0.1) is 0 Å². The highest BCUT2D eigenvalue weighted by molar-refractivity contribution is 9.10. The van der Waals surface area contributed by atoms with Gasteiger partial charge in [-0.25, -0.2) is 4.39 Å². The molecule has 0 amide bonds. The summed E-state index contributed by atoms with van der Waals surface area (Å²) in [6, 6.07) is 10.0. The average molecular weight is 323 g/mol. The first-order valence-electron chi connectivity index (χ1n) is 6.04. The van der Waals surface area contributed by atoms with Gasteiger partial charge >= 0.3 is 0 Å². The molecule has 1 heterocycles. The highest BCUT2D eigenvalue weighted by Gasteiger charge is 2.19. The molecule has 0 aromatic heterocycles. The summed E-state index contributed by atoms with van der Waals surface area (Å²) in [6.45, 7) is 0.667. The highest BCUT2D eigenvalue weighted by atomic mass is 79.9. The SMILES string of the molecule is OC(c1ccc2c(c1)CCO2)c1cc(Br)ccc1F. The molecule has 1 atom stereocenters. The molecule has 4 heteroatoms. The summed E-state index contributed by atoms with van der Waals surface area (Å²) >= 11 is 3.29. The second-order valence-corrected chi connectivity index (χ2v) is 5.45. The van der Waals surface area contributed by atoms with Crippen molar-refractivity contribution in [2.45, 2.75) is 12.5 Å². The molecule has 1 aliphatic heterocycles. The van der Waals surface area contributed by atoms with Crippen molar-refractivity contribution < 1.29 is 14.2 Å². The van der Waals surface area contributed by atoms with E-state index in [9.17, 15) is 9.50 Å². The minimum Gasteiger partial charge on any atom is -0.493 e. The first kappa shape index (κ1) is 12.6. The molecule has 0 aliphatic carbocycles. The van der Waals surface area contributed by atoms with Crippen molar-refractivity contribution in [2.24, 2.45) is 0 Å². The van der Waals surface area contributed by atoms with Gasteiger partial charge in [0.15, 0.2) is 0 Å². The number of aliphatic hydroxyl groups excluding tert-OH is 1. The molecule has 0 saturated carbocycles. The van der Waals surface area contributed by atoms with Gasteiger partial charge in [0.05, 0.1) is 6.61 Å². The highest BCUT2D eigenvalue weighted by Crippen LogP contribution is 2.32. The molecule has 1 N–H and O–H groups in total. The summed E-state index contributed by atoms with van der Waals surface area (Å²) in [5.41, 5.74) is 2.02. The topological polar surface area (TPSA) is 29.5 Å². The van der Waals surface area contributed by atoms with Crippen molar-refractivity contribution in [1.82, 2.24) is 0 Å². The zero-order valence-corrected chi connectivity index (χ0v) is 11.7. The van der Waals surface area contributed by atoms with Crippen LogP contribution in [0.15, 0.2) is 40.9 Å². The van der Waals surface area contributed by atoms with Gasteiger partial charge in [0.1, 0.15) is 17.7 Å². The van der Waals surface area contributed by atoms with Crippen molar-refractivity contribution in [1.29, 1.82) is 0 Å². The Balaban J connectivity index is 1.99. The lowest BCUT2D eigenvalue weighted by atomic mass is 9.98. The molecule has 0 spiro atoms. The quantitative estimate of drug-likeness (QED) is 0.915. The molecule has 19 heavy (non-hydrogen) atoms. The van der Waals surface area contributed by atoms with Gasteiger partial charge in [0.25, 0.3) is 0 Å². The van der Waals surface area contributed by atoms with Crippen LogP contribution in [0.4, 0.5) is 4.39 Å². The molecule has 2 aromatic rings. The van der Waals surface area contributed by atoms with Gasteiger partial charge in [-0.3, -0.25) is 0 Å². The first-order valence-corrected chi connectivity index (χ1v) is 6.83. The lowest BCUT2D eigenvalue weighted by molar-refractivity contribution is 0.215. The molecule has 0 saturated heterocycles. The summed E-state index contributed by atoms with van der Waals surface area (Å²) in [6.07, 6.45) is -0.139. The van der Waals surface area contributed by atoms with Crippen molar-refractivity contribution in [3.05, 3.63) is 63.4 Å². The monoisotopic (exact) mass is 322 g/mol. The number of halogens is 2. The third-order valence-corrected chi connectivity index (χ3v) is 3.78.